The van der Waals surface area contributed by atoms with Crippen LogP contribution in [-0.2, 0) is 0 Å². The highest BCUT2D eigenvalue weighted by molar-refractivity contribution is 7.80. The summed E-state index contributed by atoms with van der Waals surface area (Å²) in [6, 6.07) is 5.72. The van der Waals surface area contributed by atoms with Crippen molar-refractivity contribution in [3.63, 3.8) is 0 Å². The van der Waals surface area contributed by atoms with Gasteiger partial charge in [0.1, 0.15) is 0 Å². The van der Waals surface area contributed by atoms with E-state index in [9.17, 15) is 0 Å². The average Bonchev–Trinajstić information content (AvgIpc) is 2.47. The molecule has 1 aromatic carbocycles. The van der Waals surface area contributed by atoms with E-state index in [1.54, 1.807) is 6.21 Å². The predicted molar refractivity (Wildman–Crippen MR) is 90.4 cm³/mol. The lowest BCUT2D eigenvalue weighted by Gasteiger charge is -2.11. The molecule has 0 atom stereocenters. The van der Waals surface area contributed by atoms with Gasteiger partial charge in [-0.2, -0.15) is 5.10 Å². The lowest BCUT2D eigenvalue weighted by atomic mass is 10.2. The molecule has 1 rings (SSSR count). The van der Waals surface area contributed by atoms with E-state index in [-0.39, 0.29) is 0 Å². The second-order valence-corrected chi connectivity index (χ2v) is 4.63. The van der Waals surface area contributed by atoms with E-state index >= 15 is 0 Å². The van der Waals surface area contributed by atoms with Crippen LogP contribution in [0.4, 0.5) is 0 Å². The van der Waals surface area contributed by atoms with E-state index in [0.29, 0.717) is 18.3 Å². The van der Waals surface area contributed by atoms with Crippen molar-refractivity contribution in [2.75, 3.05) is 19.8 Å². The standard InChI is InChI=1S/C15H23N3O2S/c1-4-9-20-13-8-7-12(10-14(13)19-6-3)11-17-18-15(21)16-5-2/h7-8,10-11H,4-6,9H2,1-3H3,(H2,16,18,21)/b17-11+. The molecule has 0 heterocycles. The molecule has 0 spiro atoms. The minimum Gasteiger partial charge on any atom is -0.490 e. The molecule has 0 unspecified atom stereocenters. The molecule has 0 fully saturated rings. The van der Waals surface area contributed by atoms with Crippen molar-refractivity contribution in [1.82, 2.24) is 10.7 Å². The van der Waals surface area contributed by atoms with Gasteiger partial charge in [-0.1, -0.05) is 6.92 Å². The number of rotatable bonds is 8. The lowest BCUT2D eigenvalue weighted by molar-refractivity contribution is 0.277. The Morgan fingerprint density at radius 1 is 1.24 bits per heavy atom. The molecule has 0 saturated heterocycles. The van der Waals surface area contributed by atoms with E-state index in [4.69, 9.17) is 21.7 Å². The highest BCUT2D eigenvalue weighted by Gasteiger charge is 2.05. The zero-order valence-electron chi connectivity index (χ0n) is 12.8. The number of hydrazone groups is 1. The smallest absolute Gasteiger partial charge is 0.186 e. The van der Waals surface area contributed by atoms with Gasteiger partial charge in [-0.15, -0.1) is 0 Å². The highest BCUT2D eigenvalue weighted by atomic mass is 32.1. The molecule has 0 radical (unpaired) electrons. The second kappa shape index (κ2) is 9.99. The van der Waals surface area contributed by atoms with Gasteiger partial charge in [0.15, 0.2) is 16.6 Å². The van der Waals surface area contributed by atoms with E-state index in [0.717, 1.165) is 30.0 Å². The monoisotopic (exact) mass is 309 g/mol. The van der Waals surface area contributed by atoms with Gasteiger partial charge in [-0.3, -0.25) is 5.43 Å². The fraction of sp³-hybridized carbons (Fsp3) is 0.467. The summed E-state index contributed by atoms with van der Waals surface area (Å²) in [6.07, 6.45) is 2.65. The Bertz CT molecular complexity index is 478. The molecule has 116 valence electrons. The van der Waals surface area contributed by atoms with Crippen molar-refractivity contribution in [3.05, 3.63) is 23.8 Å². The summed E-state index contributed by atoms with van der Waals surface area (Å²) in [5.41, 5.74) is 3.66. The molecule has 2 N–H and O–H groups in total. The van der Waals surface area contributed by atoms with Crippen molar-refractivity contribution in [3.8, 4) is 11.5 Å². The molecule has 0 bridgehead atoms. The fourth-order valence-corrected chi connectivity index (χ4v) is 1.77. The largest absolute Gasteiger partial charge is 0.490 e. The molecule has 5 nitrogen and oxygen atoms in total. The molecule has 0 saturated carbocycles. The average molecular weight is 309 g/mol. The topological polar surface area (TPSA) is 54.9 Å². The van der Waals surface area contributed by atoms with Crippen LogP contribution in [0.3, 0.4) is 0 Å². The van der Waals surface area contributed by atoms with Gasteiger partial charge in [0.05, 0.1) is 19.4 Å². The highest BCUT2D eigenvalue weighted by Crippen LogP contribution is 2.28. The zero-order valence-corrected chi connectivity index (χ0v) is 13.6. The van der Waals surface area contributed by atoms with Gasteiger partial charge in [0.25, 0.3) is 0 Å². The van der Waals surface area contributed by atoms with Gasteiger partial charge in [-0.05, 0) is 56.2 Å². The Morgan fingerprint density at radius 2 is 2.05 bits per heavy atom. The van der Waals surface area contributed by atoms with Crippen molar-refractivity contribution in [2.45, 2.75) is 27.2 Å². The van der Waals surface area contributed by atoms with Crippen molar-refractivity contribution in [2.24, 2.45) is 5.10 Å². The normalized spacial score (nSPS) is 10.4. The van der Waals surface area contributed by atoms with Gasteiger partial charge >= 0.3 is 0 Å². The minimum atomic E-state index is 0.502. The molecule has 0 aliphatic heterocycles. The van der Waals surface area contributed by atoms with E-state index in [1.807, 2.05) is 32.0 Å². The van der Waals surface area contributed by atoms with Crippen LogP contribution in [0.2, 0.25) is 0 Å². The number of thiocarbonyl (C=S) groups is 1. The number of hydrogen-bond donors (Lipinski definition) is 2. The van der Waals surface area contributed by atoms with Crippen LogP contribution in [0, 0.1) is 0 Å². The Labute approximate surface area is 131 Å². The summed E-state index contributed by atoms with van der Waals surface area (Å²) in [7, 11) is 0. The van der Waals surface area contributed by atoms with E-state index in [2.05, 4.69) is 22.8 Å². The number of ether oxygens (including phenoxy) is 2. The van der Waals surface area contributed by atoms with Gasteiger partial charge < -0.3 is 14.8 Å². The predicted octanol–water partition coefficient (Wildman–Crippen LogP) is 2.69. The molecular weight excluding hydrogens is 286 g/mol. The number of nitrogens with zero attached hydrogens (tertiary/aromatic N) is 1. The Hall–Kier alpha value is -1.82. The van der Waals surface area contributed by atoms with Crippen molar-refractivity contribution < 1.29 is 9.47 Å². The Balaban J connectivity index is 2.72. The van der Waals surface area contributed by atoms with Crippen LogP contribution in [0.25, 0.3) is 0 Å². The molecule has 21 heavy (non-hydrogen) atoms. The van der Waals surface area contributed by atoms with Crippen LogP contribution in [0.1, 0.15) is 32.8 Å². The first-order chi connectivity index (χ1) is 10.2. The van der Waals surface area contributed by atoms with E-state index < -0.39 is 0 Å². The summed E-state index contributed by atoms with van der Waals surface area (Å²) < 4.78 is 11.2. The van der Waals surface area contributed by atoms with Crippen LogP contribution in [-0.4, -0.2) is 31.1 Å². The number of nitrogens with one attached hydrogen (secondary N) is 2. The van der Waals surface area contributed by atoms with Crippen molar-refractivity contribution in [1.29, 1.82) is 0 Å². The molecule has 0 aliphatic rings. The Kier molecular flexibility index (Phi) is 8.19. The number of hydrogen-bond acceptors (Lipinski definition) is 4. The maximum absolute atomic E-state index is 5.65. The third-order valence-corrected chi connectivity index (χ3v) is 2.68. The van der Waals surface area contributed by atoms with Crippen LogP contribution in [0.15, 0.2) is 23.3 Å². The molecule has 0 aliphatic carbocycles. The summed E-state index contributed by atoms with van der Waals surface area (Å²) in [5, 5.41) is 7.54. The molecular formula is C15H23N3O2S. The first-order valence-electron chi connectivity index (χ1n) is 7.17. The first kappa shape index (κ1) is 17.2. The van der Waals surface area contributed by atoms with Gasteiger partial charge in [-0.25, -0.2) is 0 Å². The summed E-state index contributed by atoms with van der Waals surface area (Å²) in [6.45, 7) is 8.01. The molecule has 6 heteroatoms. The summed E-state index contributed by atoms with van der Waals surface area (Å²) in [4.78, 5) is 0. The first-order valence-corrected chi connectivity index (χ1v) is 7.58. The lowest BCUT2D eigenvalue weighted by Crippen LogP contribution is -2.31. The third kappa shape index (κ3) is 6.44. The minimum absolute atomic E-state index is 0.502. The summed E-state index contributed by atoms with van der Waals surface area (Å²) >= 11 is 5.02. The van der Waals surface area contributed by atoms with Gasteiger partial charge in [0, 0.05) is 6.54 Å². The van der Waals surface area contributed by atoms with Gasteiger partial charge in [0.2, 0.25) is 0 Å². The van der Waals surface area contributed by atoms with Crippen molar-refractivity contribution >= 4 is 23.5 Å². The zero-order chi connectivity index (χ0) is 15.5. The second-order valence-electron chi connectivity index (χ2n) is 4.22. The molecule has 0 amide bonds. The molecule has 1 aromatic rings. The SMILES string of the molecule is CCCOc1ccc(/C=N/NC(=S)NCC)cc1OCC. The quantitative estimate of drug-likeness (QED) is 0.439. The Morgan fingerprint density at radius 3 is 2.71 bits per heavy atom. The maximum atomic E-state index is 5.65. The van der Waals surface area contributed by atoms with Crippen LogP contribution < -0.4 is 20.2 Å². The number of benzene rings is 1. The summed E-state index contributed by atoms with van der Waals surface area (Å²) in [5.74, 6) is 1.48. The maximum Gasteiger partial charge on any atom is 0.186 e. The van der Waals surface area contributed by atoms with Crippen LogP contribution in [0.5, 0.6) is 11.5 Å². The third-order valence-electron chi connectivity index (χ3n) is 2.45. The van der Waals surface area contributed by atoms with Crippen LogP contribution >= 0.6 is 12.2 Å². The van der Waals surface area contributed by atoms with E-state index in [1.165, 1.54) is 0 Å². The molecule has 0 aromatic heterocycles. The fourth-order valence-electron chi connectivity index (χ4n) is 1.57.